The summed E-state index contributed by atoms with van der Waals surface area (Å²) < 4.78 is 10.7. The number of hydrogen-bond donors (Lipinski definition) is 0. The van der Waals surface area contributed by atoms with E-state index in [-0.39, 0.29) is 0 Å². The molecule has 0 aliphatic rings. The second-order valence-corrected chi connectivity index (χ2v) is 3.96. The smallest absolute Gasteiger partial charge is 0.185 e. The molecular weight excluding hydrogens is 216 g/mol. The van der Waals surface area contributed by atoms with E-state index < -0.39 is 0 Å². The summed E-state index contributed by atoms with van der Waals surface area (Å²) in [4.78, 5) is 10.6. The van der Waals surface area contributed by atoms with Gasteiger partial charge in [0.2, 0.25) is 0 Å². The molecule has 17 heavy (non-hydrogen) atoms. The minimum Gasteiger partial charge on any atom is -0.496 e. The summed E-state index contributed by atoms with van der Waals surface area (Å²) in [6.07, 6.45) is 0.701. The lowest BCUT2D eigenvalue weighted by molar-refractivity contribution is 0.110. The van der Waals surface area contributed by atoms with Crippen LogP contribution in [0.15, 0.2) is 28.7 Å². The number of benzene rings is 1. The molecule has 0 amide bonds. The van der Waals surface area contributed by atoms with Crippen LogP contribution >= 0.6 is 0 Å². The number of carbonyl (C=O) groups excluding carboxylic acids is 1. The molecule has 0 saturated carbocycles. The summed E-state index contributed by atoms with van der Waals surface area (Å²) >= 11 is 0. The van der Waals surface area contributed by atoms with Gasteiger partial charge in [0.25, 0.3) is 0 Å². The van der Waals surface area contributed by atoms with Gasteiger partial charge in [-0.25, -0.2) is 0 Å². The second kappa shape index (κ2) is 4.45. The average molecular weight is 230 g/mol. The van der Waals surface area contributed by atoms with Crippen LogP contribution in [-0.2, 0) is 0 Å². The lowest BCUT2D eigenvalue weighted by atomic mass is 10.0. The van der Waals surface area contributed by atoms with Gasteiger partial charge >= 0.3 is 0 Å². The molecule has 1 heterocycles. The van der Waals surface area contributed by atoms with Gasteiger partial charge in [0, 0.05) is 5.56 Å². The fourth-order valence-electron chi connectivity index (χ4n) is 1.99. The number of ether oxygens (including phenoxy) is 1. The minimum atomic E-state index is 0.339. The van der Waals surface area contributed by atoms with Crippen LogP contribution in [0.5, 0.6) is 5.75 Å². The van der Waals surface area contributed by atoms with E-state index in [0.717, 1.165) is 22.4 Å². The highest BCUT2D eigenvalue weighted by molar-refractivity contribution is 5.73. The molecule has 0 fully saturated rings. The highest BCUT2D eigenvalue weighted by Gasteiger charge is 2.09. The largest absolute Gasteiger partial charge is 0.496 e. The van der Waals surface area contributed by atoms with Crippen molar-refractivity contribution in [2.45, 2.75) is 13.8 Å². The van der Waals surface area contributed by atoms with Crippen LogP contribution in [0.4, 0.5) is 0 Å². The first-order chi connectivity index (χ1) is 8.15. The van der Waals surface area contributed by atoms with Crippen LogP contribution in [0.1, 0.15) is 21.7 Å². The summed E-state index contributed by atoms with van der Waals surface area (Å²) in [5.41, 5.74) is 3.05. The Morgan fingerprint density at radius 2 is 1.82 bits per heavy atom. The number of hydrogen-bond acceptors (Lipinski definition) is 3. The van der Waals surface area contributed by atoms with Crippen LogP contribution in [0.25, 0.3) is 11.3 Å². The predicted octanol–water partition coefficient (Wildman–Crippen LogP) is 3.38. The number of rotatable bonds is 3. The maximum atomic E-state index is 10.6. The second-order valence-electron chi connectivity index (χ2n) is 3.96. The third kappa shape index (κ3) is 2.09. The molecular formula is C14H14O3. The van der Waals surface area contributed by atoms with Gasteiger partial charge in [0.05, 0.1) is 7.11 Å². The van der Waals surface area contributed by atoms with Crippen molar-refractivity contribution in [1.29, 1.82) is 0 Å². The molecule has 0 bridgehead atoms. The van der Waals surface area contributed by atoms with Crippen molar-refractivity contribution in [1.82, 2.24) is 0 Å². The number of aryl methyl sites for hydroxylation is 2. The number of furan rings is 1. The van der Waals surface area contributed by atoms with Gasteiger partial charge < -0.3 is 9.15 Å². The lowest BCUT2D eigenvalue weighted by Gasteiger charge is -2.10. The zero-order valence-corrected chi connectivity index (χ0v) is 10.1. The van der Waals surface area contributed by atoms with Crippen molar-refractivity contribution in [3.63, 3.8) is 0 Å². The Balaban J connectivity index is 2.49. The standard InChI is InChI=1S/C14H14O3/c1-9-6-11(7-10(2)14(9)16-3)13-5-4-12(8-15)17-13/h4-8H,1-3H3. The maximum Gasteiger partial charge on any atom is 0.185 e. The molecule has 0 atom stereocenters. The van der Waals surface area contributed by atoms with Gasteiger partial charge in [-0.05, 0) is 49.2 Å². The highest BCUT2D eigenvalue weighted by Crippen LogP contribution is 2.30. The number of carbonyl (C=O) groups is 1. The molecule has 0 unspecified atom stereocenters. The molecule has 0 aliphatic heterocycles. The Kier molecular flexibility index (Phi) is 3.00. The zero-order chi connectivity index (χ0) is 12.4. The van der Waals surface area contributed by atoms with Crippen molar-refractivity contribution in [2.75, 3.05) is 7.11 Å². The van der Waals surface area contributed by atoms with Crippen LogP contribution in [0, 0.1) is 13.8 Å². The summed E-state index contributed by atoms with van der Waals surface area (Å²) in [7, 11) is 1.66. The monoisotopic (exact) mass is 230 g/mol. The Hall–Kier alpha value is -2.03. The van der Waals surface area contributed by atoms with Gasteiger partial charge in [-0.15, -0.1) is 0 Å². The minimum absolute atomic E-state index is 0.339. The van der Waals surface area contributed by atoms with Gasteiger partial charge in [-0.1, -0.05) is 0 Å². The third-order valence-electron chi connectivity index (χ3n) is 2.69. The quantitative estimate of drug-likeness (QED) is 0.759. The molecule has 2 rings (SSSR count). The van der Waals surface area contributed by atoms with Crippen LogP contribution < -0.4 is 4.74 Å². The topological polar surface area (TPSA) is 39.4 Å². The van der Waals surface area contributed by atoms with E-state index in [1.807, 2.05) is 26.0 Å². The van der Waals surface area contributed by atoms with E-state index in [1.165, 1.54) is 0 Å². The molecule has 0 saturated heterocycles. The molecule has 0 N–H and O–H groups in total. The van der Waals surface area contributed by atoms with E-state index in [2.05, 4.69) is 0 Å². The lowest BCUT2D eigenvalue weighted by Crippen LogP contribution is -1.91. The van der Waals surface area contributed by atoms with Gasteiger partial charge in [-0.2, -0.15) is 0 Å². The predicted molar refractivity (Wildman–Crippen MR) is 65.6 cm³/mol. The molecule has 0 radical (unpaired) electrons. The van der Waals surface area contributed by atoms with Gasteiger partial charge in [0.15, 0.2) is 12.0 Å². The van der Waals surface area contributed by atoms with Crippen LogP contribution in [-0.4, -0.2) is 13.4 Å². The first-order valence-corrected chi connectivity index (χ1v) is 5.36. The Labute approximate surface area is 100 Å². The Morgan fingerprint density at radius 3 is 2.29 bits per heavy atom. The van der Waals surface area contributed by atoms with E-state index in [0.29, 0.717) is 17.8 Å². The van der Waals surface area contributed by atoms with Crippen molar-refractivity contribution in [2.24, 2.45) is 0 Å². The van der Waals surface area contributed by atoms with E-state index in [9.17, 15) is 4.79 Å². The average Bonchev–Trinajstić information content (AvgIpc) is 2.77. The molecule has 1 aromatic heterocycles. The molecule has 0 spiro atoms. The molecule has 88 valence electrons. The van der Waals surface area contributed by atoms with Crippen molar-refractivity contribution < 1.29 is 13.9 Å². The number of aldehydes is 1. The summed E-state index contributed by atoms with van der Waals surface area (Å²) in [6.45, 7) is 3.97. The van der Waals surface area contributed by atoms with Crippen LogP contribution in [0.2, 0.25) is 0 Å². The molecule has 3 nitrogen and oxygen atoms in total. The van der Waals surface area contributed by atoms with Crippen molar-refractivity contribution in [3.05, 3.63) is 41.2 Å². The van der Waals surface area contributed by atoms with Gasteiger partial charge in [0.1, 0.15) is 11.5 Å². The zero-order valence-electron chi connectivity index (χ0n) is 10.1. The van der Waals surface area contributed by atoms with E-state index in [1.54, 1.807) is 19.2 Å². The highest BCUT2D eigenvalue weighted by atomic mass is 16.5. The molecule has 2 aromatic rings. The molecule has 0 aliphatic carbocycles. The van der Waals surface area contributed by atoms with Gasteiger partial charge in [-0.3, -0.25) is 4.79 Å². The van der Waals surface area contributed by atoms with Crippen molar-refractivity contribution in [3.8, 4) is 17.1 Å². The maximum absolute atomic E-state index is 10.6. The molecule has 1 aromatic carbocycles. The molecule has 3 heteroatoms. The summed E-state index contributed by atoms with van der Waals surface area (Å²) in [6, 6.07) is 7.43. The Bertz CT molecular complexity index is 529. The first-order valence-electron chi connectivity index (χ1n) is 5.36. The van der Waals surface area contributed by atoms with Crippen LogP contribution in [0.3, 0.4) is 0 Å². The first kappa shape index (κ1) is 11.5. The van der Waals surface area contributed by atoms with E-state index in [4.69, 9.17) is 9.15 Å². The number of methoxy groups -OCH3 is 1. The van der Waals surface area contributed by atoms with Crippen molar-refractivity contribution >= 4 is 6.29 Å². The fraction of sp³-hybridized carbons (Fsp3) is 0.214. The SMILES string of the molecule is COc1c(C)cc(-c2ccc(C=O)o2)cc1C. The summed E-state index contributed by atoms with van der Waals surface area (Å²) in [5, 5.41) is 0. The van der Waals surface area contributed by atoms with E-state index >= 15 is 0 Å². The normalized spacial score (nSPS) is 10.3. The third-order valence-corrected chi connectivity index (χ3v) is 2.69. The Morgan fingerprint density at radius 1 is 1.18 bits per heavy atom. The summed E-state index contributed by atoms with van der Waals surface area (Å²) in [5.74, 6) is 1.92. The fourth-order valence-corrected chi connectivity index (χ4v) is 1.99.